The molecule has 2 N–H and O–H groups in total. The van der Waals surface area contributed by atoms with E-state index in [9.17, 15) is 0 Å². The summed E-state index contributed by atoms with van der Waals surface area (Å²) in [6.07, 6.45) is 6.02. The highest BCUT2D eigenvalue weighted by Crippen LogP contribution is 2.33. The van der Waals surface area contributed by atoms with Crippen molar-refractivity contribution in [1.29, 1.82) is 0 Å². The number of aryl methyl sites for hydroxylation is 2. The highest BCUT2D eigenvalue weighted by molar-refractivity contribution is 5.31. The summed E-state index contributed by atoms with van der Waals surface area (Å²) in [5.74, 6) is 1.48. The Kier molecular flexibility index (Phi) is 3.34. The van der Waals surface area contributed by atoms with E-state index in [-0.39, 0.29) is 6.04 Å². The molecule has 4 nitrogen and oxygen atoms in total. The first-order valence-corrected chi connectivity index (χ1v) is 6.92. The van der Waals surface area contributed by atoms with Gasteiger partial charge in [0.2, 0.25) is 0 Å². The number of fused-ring (bicyclic) bond motifs is 1. The Morgan fingerprint density at radius 2 is 2.21 bits per heavy atom. The van der Waals surface area contributed by atoms with Crippen LogP contribution in [0.4, 0.5) is 0 Å². The van der Waals surface area contributed by atoms with Gasteiger partial charge in [-0.3, -0.25) is 4.68 Å². The van der Waals surface area contributed by atoms with Crippen molar-refractivity contribution >= 4 is 0 Å². The van der Waals surface area contributed by atoms with Crippen LogP contribution in [0.1, 0.15) is 35.8 Å². The van der Waals surface area contributed by atoms with Crippen LogP contribution in [0.15, 0.2) is 30.6 Å². The fourth-order valence-electron chi connectivity index (χ4n) is 3.04. The Labute approximate surface area is 113 Å². The minimum absolute atomic E-state index is 0.107. The van der Waals surface area contributed by atoms with Gasteiger partial charge in [-0.2, -0.15) is 5.10 Å². The molecular formula is C15H20N4. The molecule has 4 heteroatoms. The van der Waals surface area contributed by atoms with Crippen LogP contribution < -0.4 is 5.73 Å². The van der Waals surface area contributed by atoms with E-state index in [0.29, 0.717) is 5.92 Å². The van der Waals surface area contributed by atoms with Crippen LogP contribution in [0.2, 0.25) is 0 Å². The third-order valence-electron chi connectivity index (χ3n) is 4.19. The molecule has 2 unspecified atom stereocenters. The summed E-state index contributed by atoms with van der Waals surface area (Å²) in [7, 11) is 1.94. The number of benzene rings is 1. The fraction of sp³-hybridized carbons (Fsp3) is 0.467. The summed E-state index contributed by atoms with van der Waals surface area (Å²) in [5, 5.41) is 4.14. The second-order valence-corrected chi connectivity index (χ2v) is 5.38. The van der Waals surface area contributed by atoms with Gasteiger partial charge in [0.05, 0.1) is 0 Å². The van der Waals surface area contributed by atoms with Crippen molar-refractivity contribution < 1.29 is 0 Å². The Balaban J connectivity index is 1.86. The van der Waals surface area contributed by atoms with Gasteiger partial charge >= 0.3 is 0 Å². The maximum Gasteiger partial charge on any atom is 0.138 e. The van der Waals surface area contributed by atoms with Gasteiger partial charge in [0.15, 0.2) is 0 Å². The molecule has 0 fully saturated rings. The molecule has 1 aliphatic carbocycles. The topological polar surface area (TPSA) is 56.7 Å². The molecule has 0 radical (unpaired) electrons. The van der Waals surface area contributed by atoms with Crippen LogP contribution in [0.3, 0.4) is 0 Å². The molecule has 2 atom stereocenters. The Bertz CT molecular complexity index is 561. The van der Waals surface area contributed by atoms with Crippen molar-refractivity contribution in [3.63, 3.8) is 0 Å². The number of hydrogen-bond donors (Lipinski definition) is 1. The van der Waals surface area contributed by atoms with Crippen LogP contribution in [0.5, 0.6) is 0 Å². The SMILES string of the molecule is Cn1ncnc1CC1CCCc2ccccc2C1N. The van der Waals surface area contributed by atoms with Crippen LogP contribution in [0.25, 0.3) is 0 Å². The Hall–Kier alpha value is -1.68. The number of aromatic nitrogens is 3. The Morgan fingerprint density at radius 3 is 3.00 bits per heavy atom. The monoisotopic (exact) mass is 256 g/mol. The zero-order valence-corrected chi connectivity index (χ0v) is 11.3. The van der Waals surface area contributed by atoms with Gasteiger partial charge in [-0.25, -0.2) is 4.98 Å². The van der Waals surface area contributed by atoms with Gasteiger partial charge in [-0.15, -0.1) is 0 Å². The highest BCUT2D eigenvalue weighted by Gasteiger charge is 2.25. The van der Waals surface area contributed by atoms with Gasteiger partial charge in [0.1, 0.15) is 12.2 Å². The van der Waals surface area contributed by atoms with Gasteiger partial charge in [-0.1, -0.05) is 24.3 Å². The molecule has 0 spiro atoms. The van der Waals surface area contributed by atoms with Crippen molar-refractivity contribution in [2.24, 2.45) is 18.7 Å². The zero-order chi connectivity index (χ0) is 13.2. The molecule has 2 aromatic rings. The molecule has 3 rings (SSSR count). The van der Waals surface area contributed by atoms with E-state index >= 15 is 0 Å². The molecular weight excluding hydrogens is 236 g/mol. The van der Waals surface area contributed by atoms with Gasteiger partial charge in [0.25, 0.3) is 0 Å². The second kappa shape index (κ2) is 5.13. The Morgan fingerprint density at radius 1 is 1.37 bits per heavy atom. The van der Waals surface area contributed by atoms with Crippen molar-refractivity contribution in [1.82, 2.24) is 14.8 Å². The number of rotatable bonds is 2. The standard InChI is InChI=1S/C15H20N4/c1-19-14(17-10-18-19)9-12-7-4-6-11-5-2-3-8-13(11)15(12)16/h2-3,5,8,10,12,15H,4,6-7,9,16H2,1H3. The fourth-order valence-corrected chi connectivity index (χ4v) is 3.04. The van der Waals surface area contributed by atoms with Crippen molar-refractivity contribution in [2.45, 2.75) is 31.7 Å². The summed E-state index contributed by atoms with van der Waals surface area (Å²) in [6.45, 7) is 0. The van der Waals surface area contributed by atoms with E-state index in [1.165, 1.54) is 17.5 Å². The van der Waals surface area contributed by atoms with E-state index in [2.05, 4.69) is 34.3 Å². The average Bonchev–Trinajstić information content (AvgIpc) is 2.75. The van der Waals surface area contributed by atoms with Crippen LogP contribution >= 0.6 is 0 Å². The van der Waals surface area contributed by atoms with Crippen molar-refractivity contribution in [3.8, 4) is 0 Å². The molecule has 100 valence electrons. The quantitative estimate of drug-likeness (QED) is 0.836. The molecule has 0 aliphatic heterocycles. The second-order valence-electron chi connectivity index (χ2n) is 5.38. The summed E-state index contributed by atoms with van der Waals surface area (Å²) in [4.78, 5) is 4.33. The third-order valence-corrected chi connectivity index (χ3v) is 4.19. The molecule has 1 aliphatic rings. The van der Waals surface area contributed by atoms with Gasteiger partial charge in [-0.05, 0) is 36.3 Å². The molecule has 0 bridgehead atoms. The smallest absolute Gasteiger partial charge is 0.138 e. The van der Waals surface area contributed by atoms with Gasteiger partial charge in [0, 0.05) is 19.5 Å². The normalized spacial score (nSPS) is 22.8. The summed E-state index contributed by atoms with van der Waals surface area (Å²) in [6, 6.07) is 8.68. The minimum atomic E-state index is 0.107. The lowest BCUT2D eigenvalue weighted by Gasteiger charge is -2.22. The number of nitrogens with two attached hydrogens (primary N) is 1. The number of nitrogens with zero attached hydrogens (tertiary/aromatic N) is 3. The lowest BCUT2D eigenvalue weighted by molar-refractivity contribution is 0.389. The lowest BCUT2D eigenvalue weighted by Crippen LogP contribution is -2.24. The highest BCUT2D eigenvalue weighted by atomic mass is 15.3. The molecule has 0 amide bonds. The molecule has 1 aromatic carbocycles. The first-order chi connectivity index (χ1) is 9.25. The van der Waals surface area contributed by atoms with Crippen LogP contribution in [-0.2, 0) is 19.9 Å². The van der Waals surface area contributed by atoms with Crippen LogP contribution in [-0.4, -0.2) is 14.8 Å². The van der Waals surface area contributed by atoms with E-state index < -0.39 is 0 Å². The summed E-state index contributed by atoms with van der Waals surface area (Å²) < 4.78 is 1.85. The average molecular weight is 256 g/mol. The molecule has 1 aromatic heterocycles. The molecule has 19 heavy (non-hydrogen) atoms. The van der Waals surface area contributed by atoms with Crippen LogP contribution in [0, 0.1) is 5.92 Å². The summed E-state index contributed by atoms with van der Waals surface area (Å²) in [5.41, 5.74) is 9.22. The van der Waals surface area contributed by atoms with E-state index in [1.54, 1.807) is 6.33 Å². The first kappa shape index (κ1) is 12.4. The first-order valence-electron chi connectivity index (χ1n) is 6.92. The van der Waals surface area contributed by atoms with E-state index in [1.807, 2.05) is 11.7 Å². The van der Waals surface area contributed by atoms with Crippen molar-refractivity contribution in [3.05, 3.63) is 47.5 Å². The maximum atomic E-state index is 6.50. The molecule has 0 saturated carbocycles. The predicted octanol–water partition coefficient (Wildman–Crippen LogP) is 2.01. The third kappa shape index (κ3) is 2.40. The van der Waals surface area contributed by atoms with Crippen molar-refractivity contribution in [2.75, 3.05) is 0 Å². The predicted molar refractivity (Wildman–Crippen MR) is 74.5 cm³/mol. The largest absolute Gasteiger partial charge is 0.324 e. The zero-order valence-electron chi connectivity index (χ0n) is 11.3. The summed E-state index contributed by atoms with van der Waals surface area (Å²) >= 11 is 0. The lowest BCUT2D eigenvalue weighted by atomic mass is 9.89. The van der Waals surface area contributed by atoms with E-state index in [0.717, 1.165) is 25.1 Å². The maximum absolute atomic E-state index is 6.50. The van der Waals surface area contributed by atoms with E-state index in [4.69, 9.17) is 5.73 Å². The number of hydrogen-bond acceptors (Lipinski definition) is 3. The molecule has 1 heterocycles. The minimum Gasteiger partial charge on any atom is -0.324 e. The van der Waals surface area contributed by atoms with Gasteiger partial charge < -0.3 is 5.73 Å². The molecule has 0 saturated heterocycles.